The van der Waals surface area contributed by atoms with E-state index < -0.39 is 0 Å². The highest BCUT2D eigenvalue weighted by molar-refractivity contribution is 7.99. The average molecular weight is 222 g/mol. The zero-order valence-corrected chi connectivity index (χ0v) is 9.80. The summed E-state index contributed by atoms with van der Waals surface area (Å²) in [5.74, 6) is 1.71. The van der Waals surface area contributed by atoms with E-state index in [4.69, 9.17) is 5.73 Å². The smallest absolute Gasteiger partial charge is 0.127 e. The van der Waals surface area contributed by atoms with E-state index in [-0.39, 0.29) is 0 Å². The number of thioether (sulfide) groups is 1. The normalized spacial score (nSPS) is 17.9. The van der Waals surface area contributed by atoms with Crippen LogP contribution in [0.5, 0.6) is 0 Å². The fourth-order valence-electron chi connectivity index (χ4n) is 2.01. The van der Waals surface area contributed by atoms with Gasteiger partial charge in [-0.25, -0.2) is 4.98 Å². The lowest BCUT2D eigenvalue weighted by molar-refractivity contribution is 0.516. The molecule has 3 heteroatoms. The third-order valence-corrected chi connectivity index (χ3v) is 4.37. The van der Waals surface area contributed by atoms with Gasteiger partial charge >= 0.3 is 0 Å². The van der Waals surface area contributed by atoms with Crippen molar-refractivity contribution in [3.05, 3.63) is 23.9 Å². The first-order valence-corrected chi connectivity index (χ1v) is 6.72. The van der Waals surface area contributed by atoms with Crippen LogP contribution in [0, 0.1) is 0 Å². The van der Waals surface area contributed by atoms with Gasteiger partial charge in [-0.15, -0.1) is 0 Å². The Balaban J connectivity index is 1.84. The van der Waals surface area contributed by atoms with Crippen LogP contribution in [0.2, 0.25) is 0 Å². The van der Waals surface area contributed by atoms with Crippen LogP contribution in [-0.2, 0) is 5.75 Å². The number of nitrogens with zero attached hydrogens (tertiary/aromatic N) is 1. The van der Waals surface area contributed by atoms with Crippen LogP contribution in [0.25, 0.3) is 0 Å². The number of aromatic nitrogens is 1. The Hall–Kier alpha value is -0.700. The molecule has 2 rings (SSSR count). The van der Waals surface area contributed by atoms with Gasteiger partial charge in [-0.2, -0.15) is 11.8 Å². The molecule has 0 atom stereocenters. The molecule has 0 aliphatic heterocycles. The standard InChI is InChI=1S/C12H18N2S/c13-12-10(5-4-8-14-12)9-15-11-6-2-1-3-7-11/h4-5,8,11H,1-3,6-7,9H2,(H2,13,14). The minimum absolute atomic E-state index is 0.695. The molecule has 1 fully saturated rings. The summed E-state index contributed by atoms with van der Waals surface area (Å²) in [4.78, 5) is 4.11. The van der Waals surface area contributed by atoms with Gasteiger partial charge in [0.1, 0.15) is 5.82 Å². The van der Waals surface area contributed by atoms with Crippen molar-refractivity contribution in [3.8, 4) is 0 Å². The van der Waals surface area contributed by atoms with Gasteiger partial charge in [-0.3, -0.25) is 0 Å². The Bertz CT molecular complexity index is 308. The molecule has 0 unspecified atom stereocenters. The van der Waals surface area contributed by atoms with Crippen LogP contribution in [0.1, 0.15) is 37.7 Å². The SMILES string of the molecule is Nc1ncccc1CSC1CCCCC1. The van der Waals surface area contributed by atoms with E-state index in [1.165, 1.54) is 37.7 Å². The summed E-state index contributed by atoms with van der Waals surface area (Å²) in [5.41, 5.74) is 7.00. The number of nitrogens with two attached hydrogens (primary N) is 1. The molecule has 1 aromatic rings. The lowest BCUT2D eigenvalue weighted by Crippen LogP contribution is -2.08. The van der Waals surface area contributed by atoms with Gasteiger partial charge in [0.25, 0.3) is 0 Å². The summed E-state index contributed by atoms with van der Waals surface area (Å²) in [6.45, 7) is 0. The molecule has 1 aliphatic carbocycles. The van der Waals surface area contributed by atoms with E-state index in [1.807, 2.05) is 17.8 Å². The summed E-state index contributed by atoms with van der Waals surface area (Å²) >= 11 is 2.04. The molecular weight excluding hydrogens is 204 g/mol. The van der Waals surface area contributed by atoms with Crippen molar-refractivity contribution < 1.29 is 0 Å². The third-order valence-electron chi connectivity index (χ3n) is 2.95. The monoisotopic (exact) mass is 222 g/mol. The van der Waals surface area contributed by atoms with Gasteiger partial charge < -0.3 is 5.73 Å². The zero-order valence-electron chi connectivity index (χ0n) is 8.98. The van der Waals surface area contributed by atoms with Gasteiger partial charge in [-0.05, 0) is 18.9 Å². The summed E-state index contributed by atoms with van der Waals surface area (Å²) < 4.78 is 0. The van der Waals surface area contributed by atoms with E-state index in [0.29, 0.717) is 5.82 Å². The van der Waals surface area contributed by atoms with Gasteiger partial charge in [-0.1, -0.05) is 25.3 Å². The highest BCUT2D eigenvalue weighted by Gasteiger charge is 2.14. The largest absolute Gasteiger partial charge is 0.383 e. The van der Waals surface area contributed by atoms with Gasteiger partial charge in [0.05, 0.1) is 0 Å². The number of hydrogen-bond acceptors (Lipinski definition) is 3. The van der Waals surface area contributed by atoms with Gasteiger partial charge in [0, 0.05) is 22.8 Å². The summed E-state index contributed by atoms with van der Waals surface area (Å²) in [5, 5.41) is 0.846. The highest BCUT2D eigenvalue weighted by Crippen LogP contribution is 2.31. The Morgan fingerprint density at radius 3 is 2.87 bits per heavy atom. The van der Waals surface area contributed by atoms with Crippen LogP contribution in [0.4, 0.5) is 5.82 Å². The molecule has 15 heavy (non-hydrogen) atoms. The van der Waals surface area contributed by atoms with E-state index >= 15 is 0 Å². The highest BCUT2D eigenvalue weighted by atomic mass is 32.2. The fraction of sp³-hybridized carbons (Fsp3) is 0.583. The van der Waals surface area contributed by atoms with Crippen LogP contribution in [0.15, 0.2) is 18.3 Å². The van der Waals surface area contributed by atoms with E-state index in [0.717, 1.165) is 11.0 Å². The van der Waals surface area contributed by atoms with Crippen molar-refractivity contribution in [2.45, 2.75) is 43.1 Å². The van der Waals surface area contributed by atoms with Crippen LogP contribution in [-0.4, -0.2) is 10.2 Å². The third kappa shape index (κ3) is 3.13. The predicted octanol–water partition coefficient (Wildman–Crippen LogP) is 3.23. The van der Waals surface area contributed by atoms with Crippen LogP contribution in [0.3, 0.4) is 0 Å². The van der Waals surface area contributed by atoms with Crippen molar-refractivity contribution in [2.75, 3.05) is 5.73 Å². The molecule has 0 bridgehead atoms. The van der Waals surface area contributed by atoms with Crippen molar-refractivity contribution >= 4 is 17.6 Å². The second kappa shape index (κ2) is 5.40. The first-order chi connectivity index (χ1) is 7.36. The summed E-state index contributed by atoms with van der Waals surface area (Å²) in [7, 11) is 0. The minimum atomic E-state index is 0.695. The molecule has 1 heterocycles. The van der Waals surface area contributed by atoms with Crippen molar-refractivity contribution in [1.29, 1.82) is 0 Å². The van der Waals surface area contributed by atoms with E-state index in [9.17, 15) is 0 Å². The van der Waals surface area contributed by atoms with Crippen LogP contribution < -0.4 is 5.73 Å². The van der Waals surface area contributed by atoms with E-state index in [1.54, 1.807) is 6.20 Å². The zero-order chi connectivity index (χ0) is 10.5. The quantitative estimate of drug-likeness (QED) is 0.853. The number of anilines is 1. The summed E-state index contributed by atoms with van der Waals surface area (Å²) in [6.07, 6.45) is 8.74. The molecule has 0 radical (unpaired) electrons. The molecule has 0 spiro atoms. The van der Waals surface area contributed by atoms with Crippen LogP contribution >= 0.6 is 11.8 Å². The maximum absolute atomic E-state index is 5.81. The number of pyridine rings is 1. The molecular formula is C12H18N2S. The lowest BCUT2D eigenvalue weighted by Gasteiger charge is -2.21. The summed E-state index contributed by atoms with van der Waals surface area (Å²) in [6, 6.07) is 4.05. The first kappa shape index (κ1) is 10.8. The molecule has 0 amide bonds. The Kier molecular flexibility index (Phi) is 3.89. The van der Waals surface area contributed by atoms with Gasteiger partial charge in [0.15, 0.2) is 0 Å². The molecule has 2 N–H and O–H groups in total. The fourth-order valence-corrected chi connectivity index (χ4v) is 3.34. The second-order valence-electron chi connectivity index (χ2n) is 4.12. The molecule has 1 aromatic heterocycles. The van der Waals surface area contributed by atoms with E-state index in [2.05, 4.69) is 11.1 Å². The first-order valence-electron chi connectivity index (χ1n) is 5.67. The lowest BCUT2D eigenvalue weighted by atomic mass is 10.0. The maximum Gasteiger partial charge on any atom is 0.127 e. The Labute approximate surface area is 95.7 Å². The minimum Gasteiger partial charge on any atom is -0.383 e. The second-order valence-corrected chi connectivity index (χ2v) is 5.41. The molecule has 0 aromatic carbocycles. The average Bonchev–Trinajstić information content (AvgIpc) is 2.29. The maximum atomic E-state index is 5.81. The number of hydrogen-bond donors (Lipinski definition) is 1. The van der Waals surface area contributed by atoms with Crippen molar-refractivity contribution in [3.63, 3.8) is 0 Å². The predicted molar refractivity (Wildman–Crippen MR) is 66.8 cm³/mol. The molecule has 1 aliphatic rings. The molecule has 82 valence electrons. The van der Waals surface area contributed by atoms with Crippen molar-refractivity contribution in [1.82, 2.24) is 4.98 Å². The Morgan fingerprint density at radius 1 is 1.33 bits per heavy atom. The number of rotatable bonds is 3. The molecule has 2 nitrogen and oxygen atoms in total. The number of nitrogen functional groups attached to an aromatic ring is 1. The Morgan fingerprint density at radius 2 is 2.13 bits per heavy atom. The topological polar surface area (TPSA) is 38.9 Å². The molecule has 1 saturated carbocycles. The molecule has 0 saturated heterocycles. The van der Waals surface area contributed by atoms with Gasteiger partial charge in [0.2, 0.25) is 0 Å². The van der Waals surface area contributed by atoms with Crippen molar-refractivity contribution in [2.24, 2.45) is 0 Å².